The molecule has 0 fully saturated rings. The van der Waals surface area contributed by atoms with Crippen LogP contribution >= 0.6 is 0 Å². The predicted octanol–water partition coefficient (Wildman–Crippen LogP) is -0.844. The predicted molar refractivity (Wildman–Crippen MR) is 55.4 cm³/mol. The van der Waals surface area contributed by atoms with Gasteiger partial charge >= 0.3 is 0 Å². The second-order valence-corrected chi connectivity index (χ2v) is 2.86. The zero-order valence-electron chi connectivity index (χ0n) is 8.07. The molecule has 0 atom stereocenters. The van der Waals surface area contributed by atoms with Crippen molar-refractivity contribution in [3.05, 3.63) is 18.1 Å². The van der Waals surface area contributed by atoms with E-state index >= 15 is 0 Å². The Bertz CT molecular complexity index is 323. The Morgan fingerprint density at radius 3 is 2.93 bits per heavy atom. The van der Waals surface area contributed by atoms with E-state index in [4.69, 9.17) is 16.9 Å². The molecule has 0 saturated carbocycles. The lowest BCUT2D eigenvalue weighted by molar-refractivity contribution is 0.862. The van der Waals surface area contributed by atoms with Gasteiger partial charge in [0.05, 0.1) is 0 Å². The highest BCUT2D eigenvalue weighted by molar-refractivity contribution is 5.91. The highest BCUT2D eigenvalue weighted by Crippen LogP contribution is 2.06. The number of hydrogen-bond donors (Lipinski definition) is 3. The molecule has 1 aromatic rings. The number of nitrogen functional groups attached to an aromatic ring is 1. The lowest BCUT2D eigenvalue weighted by Crippen LogP contribution is -2.27. The van der Waals surface area contributed by atoms with Crippen LogP contribution in [0.25, 0.3) is 0 Å². The van der Waals surface area contributed by atoms with Gasteiger partial charge in [-0.3, -0.25) is 5.41 Å². The summed E-state index contributed by atoms with van der Waals surface area (Å²) in [6.45, 7) is 1.25. The fourth-order valence-electron chi connectivity index (χ4n) is 1.000. The third-order valence-corrected chi connectivity index (χ3v) is 1.74. The zero-order chi connectivity index (χ0) is 10.6. The Labute approximate surface area is 82.5 Å². The number of nitrogens with one attached hydrogen (secondary N) is 1. The second kappa shape index (κ2) is 4.52. The standard InChI is InChI=1S/C8H14N6/c1-14(5-3-9)6-2-4-12-8(13-6)7(10)11/h2,4H,3,5,9H2,1H3,(H3,10,11). The summed E-state index contributed by atoms with van der Waals surface area (Å²) < 4.78 is 0. The normalized spacial score (nSPS) is 9.86. The van der Waals surface area contributed by atoms with Crippen molar-refractivity contribution in [1.29, 1.82) is 5.41 Å². The third-order valence-electron chi connectivity index (χ3n) is 1.74. The first-order valence-electron chi connectivity index (χ1n) is 4.23. The summed E-state index contributed by atoms with van der Waals surface area (Å²) in [5.74, 6) is 0.829. The molecule has 0 aliphatic carbocycles. The Morgan fingerprint density at radius 1 is 1.64 bits per heavy atom. The van der Waals surface area contributed by atoms with Crippen LogP contribution in [0.2, 0.25) is 0 Å². The van der Waals surface area contributed by atoms with Crippen molar-refractivity contribution in [2.75, 3.05) is 25.0 Å². The van der Waals surface area contributed by atoms with E-state index in [9.17, 15) is 0 Å². The molecule has 0 aliphatic rings. The maximum atomic E-state index is 7.18. The maximum Gasteiger partial charge on any atom is 0.196 e. The van der Waals surface area contributed by atoms with Crippen LogP contribution in [-0.2, 0) is 0 Å². The first-order chi connectivity index (χ1) is 6.65. The van der Waals surface area contributed by atoms with Crippen LogP contribution in [0.15, 0.2) is 12.3 Å². The minimum atomic E-state index is -0.131. The second-order valence-electron chi connectivity index (χ2n) is 2.86. The molecule has 5 N–H and O–H groups in total. The topological polar surface area (TPSA) is 105 Å². The van der Waals surface area contributed by atoms with Crippen molar-refractivity contribution in [1.82, 2.24) is 9.97 Å². The third kappa shape index (κ3) is 2.40. The summed E-state index contributed by atoms with van der Waals surface area (Å²) in [4.78, 5) is 9.85. The molecule has 0 bridgehead atoms. The van der Waals surface area contributed by atoms with Crippen LogP contribution in [0.4, 0.5) is 5.82 Å². The number of rotatable bonds is 4. The average molecular weight is 194 g/mol. The molecule has 1 rings (SSSR count). The van der Waals surface area contributed by atoms with Gasteiger partial charge in [0, 0.05) is 26.3 Å². The molecule has 14 heavy (non-hydrogen) atoms. The van der Waals surface area contributed by atoms with Crippen molar-refractivity contribution in [3.8, 4) is 0 Å². The summed E-state index contributed by atoms with van der Waals surface area (Å²) in [5.41, 5.74) is 10.7. The molecule has 0 radical (unpaired) electrons. The van der Waals surface area contributed by atoms with E-state index in [-0.39, 0.29) is 11.7 Å². The Balaban J connectivity index is 2.87. The van der Waals surface area contributed by atoms with Gasteiger partial charge < -0.3 is 16.4 Å². The van der Waals surface area contributed by atoms with Gasteiger partial charge in [0.2, 0.25) is 0 Å². The van der Waals surface area contributed by atoms with Crippen LogP contribution < -0.4 is 16.4 Å². The largest absolute Gasteiger partial charge is 0.381 e. The minimum absolute atomic E-state index is 0.131. The summed E-state index contributed by atoms with van der Waals surface area (Å²) in [5, 5.41) is 7.18. The number of amidine groups is 1. The van der Waals surface area contributed by atoms with E-state index in [0.29, 0.717) is 13.1 Å². The Morgan fingerprint density at radius 2 is 2.36 bits per heavy atom. The molecule has 1 heterocycles. The van der Waals surface area contributed by atoms with Crippen LogP contribution in [0, 0.1) is 5.41 Å². The number of likely N-dealkylation sites (N-methyl/N-ethyl adjacent to an activating group) is 1. The lowest BCUT2D eigenvalue weighted by Gasteiger charge is -2.16. The van der Waals surface area contributed by atoms with Crippen LogP contribution in [0.5, 0.6) is 0 Å². The van der Waals surface area contributed by atoms with Gasteiger partial charge in [-0.25, -0.2) is 9.97 Å². The zero-order valence-corrected chi connectivity index (χ0v) is 8.07. The fraction of sp³-hybridized carbons (Fsp3) is 0.375. The monoisotopic (exact) mass is 194 g/mol. The molecular formula is C8H14N6. The number of anilines is 1. The van der Waals surface area contributed by atoms with Crippen molar-refractivity contribution in [2.24, 2.45) is 11.5 Å². The molecule has 0 aromatic carbocycles. The quantitative estimate of drug-likeness (QED) is 0.428. The molecule has 0 unspecified atom stereocenters. The molecular weight excluding hydrogens is 180 g/mol. The highest BCUT2D eigenvalue weighted by atomic mass is 15.2. The average Bonchev–Trinajstić information content (AvgIpc) is 2.18. The van der Waals surface area contributed by atoms with E-state index in [1.165, 1.54) is 0 Å². The number of nitrogens with zero attached hydrogens (tertiary/aromatic N) is 3. The smallest absolute Gasteiger partial charge is 0.196 e. The SMILES string of the molecule is CN(CCN)c1ccnc(C(=N)N)n1. The fourth-order valence-corrected chi connectivity index (χ4v) is 1.000. The van der Waals surface area contributed by atoms with Crippen molar-refractivity contribution >= 4 is 11.7 Å². The van der Waals surface area contributed by atoms with E-state index in [0.717, 1.165) is 5.82 Å². The number of aromatic nitrogens is 2. The molecule has 76 valence electrons. The lowest BCUT2D eigenvalue weighted by atomic mass is 10.4. The molecule has 0 saturated heterocycles. The van der Waals surface area contributed by atoms with E-state index in [2.05, 4.69) is 9.97 Å². The molecule has 6 nitrogen and oxygen atoms in total. The molecule has 6 heteroatoms. The number of nitrogens with two attached hydrogens (primary N) is 2. The maximum absolute atomic E-state index is 7.18. The van der Waals surface area contributed by atoms with Gasteiger partial charge in [-0.15, -0.1) is 0 Å². The number of hydrogen-bond acceptors (Lipinski definition) is 5. The van der Waals surface area contributed by atoms with Gasteiger partial charge in [0.1, 0.15) is 5.82 Å². The van der Waals surface area contributed by atoms with Crippen molar-refractivity contribution < 1.29 is 0 Å². The summed E-state index contributed by atoms with van der Waals surface area (Å²) in [6.07, 6.45) is 1.58. The van der Waals surface area contributed by atoms with Crippen LogP contribution in [0.3, 0.4) is 0 Å². The minimum Gasteiger partial charge on any atom is -0.381 e. The molecule has 0 amide bonds. The summed E-state index contributed by atoms with van der Waals surface area (Å²) in [7, 11) is 1.87. The Kier molecular flexibility index (Phi) is 3.35. The molecule has 1 aromatic heterocycles. The van der Waals surface area contributed by atoms with Gasteiger partial charge in [-0.1, -0.05) is 0 Å². The van der Waals surface area contributed by atoms with E-state index in [1.807, 2.05) is 11.9 Å². The van der Waals surface area contributed by atoms with E-state index < -0.39 is 0 Å². The van der Waals surface area contributed by atoms with Crippen molar-refractivity contribution in [2.45, 2.75) is 0 Å². The highest BCUT2D eigenvalue weighted by Gasteiger charge is 2.04. The van der Waals surface area contributed by atoms with Crippen LogP contribution in [-0.4, -0.2) is 35.9 Å². The molecule has 0 aliphatic heterocycles. The van der Waals surface area contributed by atoms with Crippen molar-refractivity contribution in [3.63, 3.8) is 0 Å². The first kappa shape index (κ1) is 10.4. The van der Waals surface area contributed by atoms with Gasteiger partial charge in [0.25, 0.3) is 0 Å². The van der Waals surface area contributed by atoms with E-state index in [1.54, 1.807) is 12.3 Å². The summed E-state index contributed by atoms with van der Waals surface area (Å²) >= 11 is 0. The summed E-state index contributed by atoms with van der Waals surface area (Å²) in [6, 6.07) is 1.75. The first-order valence-corrected chi connectivity index (χ1v) is 4.23. The van der Waals surface area contributed by atoms with Crippen LogP contribution in [0.1, 0.15) is 5.82 Å². The van der Waals surface area contributed by atoms with Gasteiger partial charge in [-0.2, -0.15) is 0 Å². The van der Waals surface area contributed by atoms with Gasteiger partial charge in [0.15, 0.2) is 11.7 Å². The molecule has 0 spiro atoms. The Hall–Kier alpha value is -1.69. The van der Waals surface area contributed by atoms with Gasteiger partial charge in [-0.05, 0) is 6.07 Å².